The van der Waals surface area contributed by atoms with E-state index >= 15 is 0 Å². The number of hydrogen-bond acceptors (Lipinski definition) is 5. The number of hydrogen-bond donors (Lipinski definition) is 0. The molecule has 8 heteroatoms. The fourth-order valence-corrected chi connectivity index (χ4v) is 3.12. The summed E-state index contributed by atoms with van der Waals surface area (Å²) in [4.78, 5) is 36.8. The number of benzene rings is 1. The number of thioether (sulfide) groups is 1. The normalized spacial score (nSPS) is 16.6. The summed E-state index contributed by atoms with van der Waals surface area (Å²) in [6.07, 6.45) is 1.18. The van der Waals surface area contributed by atoms with E-state index in [0.29, 0.717) is 15.6 Å². The lowest BCUT2D eigenvalue weighted by Crippen LogP contribution is -2.35. The molecular formula is C15H13Cl2NO4S. The average molecular weight is 374 g/mol. The number of carbonyl (C=O) groups excluding carboxylic acids is 3. The first-order valence-electron chi connectivity index (χ1n) is 6.68. The number of ether oxygens (including phenoxy) is 1. The van der Waals surface area contributed by atoms with Crippen LogP contribution in [0.4, 0.5) is 4.79 Å². The minimum absolute atomic E-state index is 0.191. The minimum atomic E-state index is -0.631. The first-order valence-corrected chi connectivity index (χ1v) is 8.25. The van der Waals surface area contributed by atoms with Gasteiger partial charge in [-0.1, -0.05) is 29.3 Å². The Bertz CT molecular complexity index is 703. The number of carbonyl (C=O) groups is 3. The van der Waals surface area contributed by atoms with Crippen LogP contribution in [-0.2, 0) is 14.3 Å². The average Bonchev–Trinajstić information content (AvgIpc) is 2.69. The van der Waals surface area contributed by atoms with Crippen LogP contribution in [0.1, 0.15) is 19.4 Å². The molecule has 122 valence electrons. The second-order valence-corrected chi connectivity index (χ2v) is 6.81. The van der Waals surface area contributed by atoms with Crippen LogP contribution in [0.5, 0.6) is 0 Å². The third kappa shape index (κ3) is 4.50. The molecule has 1 fully saturated rings. The molecule has 2 rings (SSSR count). The van der Waals surface area contributed by atoms with Crippen LogP contribution in [0.3, 0.4) is 0 Å². The van der Waals surface area contributed by atoms with Crippen LogP contribution >= 0.6 is 35.0 Å². The Hall–Kier alpha value is -1.50. The molecule has 0 N–H and O–H groups in total. The highest BCUT2D eigenvalue weighted by Crippen LogP contribution is 2.33. The maximum absolute atomic E-state index is 12.3. The van der Waals surface area contributed by atoms with Gasteiger partial charge in [0.2, 0.25) is 0 Å². The summed E-state index contributed by atoms with van der Waals surface area (Å²) in [5.41, 5.74) is 0.561. The van der Waals surface area contributed by atoms with Crippen LogP contribution in [0, 0.1) is 0 Å². The molecule has 1 saturated heterocycles. The van der Waals surface area contributed by atoms with Crippen molar-refractivity contribution in [1.29, 1.82) is 0 Å². The van der Waals surface area contributed by atoms with Gasteiger partial charge < -0.3 is 4.74 Å². The lowest BCUT2D eigenvalue weighted by molar-refractivity contribution is -0.149. The predicted octanol–water partition coefficient (Wildman–Crippen LogP) is 3.98. The maximum Gasteiger partial charge on any atom is 0.326 e. The van der Waals surface area contributed by atoms with E-state index in [9.17, 15) is 14.4 Å². The van der Waals surface area contributed by atoms with E-state index < -0.39 is 23.7 Å². The van der Waals surface area contributed by atoms with Gasteiger partial charge in [-0.25, -0.2) is 0 Å². The second kappa shape index (κ2) is 7.38. The van der Waals surface area contributed by atoms with Crippen LogP contribution in [-0.4, -0.2) is 34.7 Å². The Morgan fingerprint density at radius 1 is 1.35 bits per heavy atom. The highest BCUT2D eigenvalue weighted by atomic mass is 35.5. The summed E-state index contributed by atoms with van der Waals surface area (Å²) >= 11 is 12.6. The molecule has 0 aromatic heterocycles. The second-order valence-electron chi connectivity index (χ2n) is 4.97. The molecule has 1 aromatic rings. The molecule has 1 aliphatic heterocycles. The molecule has 0 atom stereocenters. The zero-order chi connectivity index (χ0) is 17.1. The van der Waals surface area contributed by atoms with Crippen molar-refractivity contribution in [3.8, 4) is 0 Å². The van der Waals surface area contributed by atoms with Crippen molar-refractivity contribution in [2.75, 3.05) is 6.54 Å². The molecule has 1 aromatic carbocycles. The van der Waals surface area contributed by atoms with Crippen molar-refractivity contribution in [3.05, 3.63) is 38.7 Å². The summed E-state index contributed by atoms with van der Waals surface area (Å²) in [5, 5.41) is 0.312. The summed E-state index contributed by atoms with van der Waals surface area (Å²) in [6.45, 7) is 2.97. The Labute approximate surface area is 147 Å². The van der Waals surface area contributed by atoms with Crippen molar-refractivity contribution in [1.82, 2.24) is 4.90 Å². The van der Waals surface area contributed by atoms with Gasteiger partial charge in [-0.05, 0) is 49.4 Å². The van der Waals surface area contributed by atoms with E-state index in [-0.39, 0.29) is 11.0 Å². The van der Waals surface area contributed by atoms with Crippen LogP contribution in [0.15, 0.2) is 23.1 Å². The number of halogens is 2. The topological polar surface area (TPSA) is 63.7 Å². The van der Waals surface area contributed by atoms with Gasteiger partial charge in [0.25, 0.3) is 11.1 Å². The van der Waals surface area contributed by atoms with Crippen molar-refractivity contribution < 1.29 is 19.1 Å². The molecule has 1 aliphatic rings. The monoisotopic (exact) mass is 373 g/mol. The third-order valence-electron chi connectivity index (χ3n) is 2.78. The molecular weight excluding hydrogens is 361 g/mol. The number of imide groups is 1. The van der Waals surface area contributed by atoms with Crippen LogP contribution in [0.25, 0.3) is 6.08 Å². The van der Waals surface area contributed by atoms with E-state index in [2.05, 4.69) is 0 Å². The minimum Gasteiger partial charge on any atom is -0.462 e. The van der Waals surface area contributed by atoms with E-state index in [1.165, 1.54) is 6.08 Å². The molecule has 0 saturated carbocycles. The molecule has 0 radical (unpaired) electrons. The van der Waals surface area contributed by atoms with Crippen LogP contribution in [0.2, 0.25) is 10.0 Å². The van der Waals surface area contributed by atoms with Gasteiger partial charge in [-0.3, -0.25) is 19.3 Å². The first kappa shape index (κ1) is 17.8. The molecule has 2 amide bonds. The van der Waals surface area contributed by atoms with Crippen molar-refractivity contribution in [3.63, 3.8) is 0 Å². The Kier molecular flexibility index (Phi) is 5.73. The van der Waals surface area contributed by atoms with Gasteiger partial charge in [0, 0.05) is 10.0 Å². The highest BCUT2D eigenvalue weighted by Gasteiger charge is 2.36. The third-order valence-corrected chi connectivity index (χ3v) is 4.25. The lowest BCUT2D eigenvalue weighted by Gasteiger charge is -2.13. The van der Waals surface area contributed by atoms with E-state index in [4.69, 9.17) is 27.9 Å². The van der Waals surface area contributed by atoms with Gasteiger partial charge in [-0.15, -0.1) is 0 Å². The van der Waals surface area contributed by atoms with Crippen molar-refractivity contribution >= 4 is 58.2 Å². The van der Waals surface area contributed by atoms with Gasteiger partial charge in [0.1, 0.15) is 6.54 Å². The number of esters is 1. The smallest absolute Gasteiger partial charge is 0.326 e. The standard InChI is InChI=1S/C15H13Cl2NO4S/c1-8(2)22-13(19)7-18-14(20)12(23-15(18)21)5-9-3-4-10(16)6-11(9)17/h3-6,8H,7H2,1-2H3/b12-5+. The van der Waals surface area contributed by atoms with E-state index in [1.54, 1.807) is 32.0 Å². The van der Waals surface area contributed by atoms with Gasteiger partial charge >= 0.3 is 5.97 Å². The van der Waals surface area contributed by atoms with E-state index in [1.807, 2.05) is 0 Å². The van der Waals surface area contributed by atoms with Crippen molar-refractivity contribution in [2.24, 2.45) is 0 Å². The highest BCUT2D eigenvalue weighted by molar-refractivity contribution is 8.18. The largest absolute Gasteiger partial charge is 0.462 e. The molecule has 5 nitrogen and oxygen atoms in total. The Morgan fingerprint density at radius 2 is 2.04 bits per heavy atom. The number of nitrogens with zero attached hydrogens (tertiary/aromatic N) is 1. The molecule has 0 aliphatic carbocycles. The fourth-order valence-electron chi connectivity index (χ4n) is 1.83. The molecule has 0 unspecified atom stereocenters. The Balaban J connectivity index is 2.17. The number of amides is 2. The van der Waals surface area contributed by atoms with Crippen molar-refractivity contribution in [2.45, 2.75) is 20.0 Å². The molecule has 1 heterocycles. The zero-order valence-electron chi connectivity index (χ0n) is 12.3. The maximum atomic E-state index is 12.3. The predicted molar refractivity (Wildman–Crippen MR) is 90.4 cm³/mol. The zero-order valence-corrected chi connectivity index (χ0v) is 14.7. The number of rotatable bonds is 4. The molecule has 0 bridgehead atoms. The summed E-state index contributed by atoms with van der Waals surface area (Å²) in [7, 11) is 0. The van der Waals surface area contributed by atoms with Crippen LogP contribution < -0.4 is 0 Å². The van der Waals surface area contributed by atoms with E-state index in [0.717, 1.165) is 16.7 Å². The van der Waals surface area contributed by atoms with Gasteiger partial charge in [0.15, 0.2) is 0 Å². The molecule has 23 heavy (non-hydrogen) atoms. The SMILES string of the molecule is CC(C)OC(=O)CN1C(=O)S/C(=C/c2ccc(Cl)cc2Cl)C1=O. The van der Waals surface area contributed by atoms with Gasteiger partial charge in [0.05, 0.1) is 11.0 Å². The summed E-state index contributed by atoms with van der Waals surface area (Å²) < 4.78 is 4.95. The molecule has 0 spiro atoms. The fraction of sp³-hybridized carbons (Fsp3) is 0.267. The first-order chi connectivity index (χ1) is 10.8. The summed E-state index contributed by atoms with van der Waals surface area (Å²) in [6, 6.07) is 4.81. The quantitative estimate of drug-likeness (QED) is 0.589. The lowest BCUT2D eigenvalue weighted by atomic mass is 10.2. The van der Waals surface area contributed by atoms with Gasteiger partial charge in [-0.2, -0.15) is 0 Å². The Morgan fingerprint density at radius 3 is 2.65 bits per heavy atom. The summed E-state index contributed by atoms with van der Waals surface area (Å²) in [5.74, 6) is -1.18.